The van der Waals surface area contributed by atoms with Crippen LogP contribution in [0.25, 0.3) is 0 Å². The van der Waals surface area contributed by atoms with Crippen LogP contribution in [0.4, 0.5) is 0 Å². The van der Waals surface area contributed by atoms with Gasteiger partial charge in [-0.2, -0.15) is 5.10 Å². The van der Waals surface area contributed by atoms with Crippen molar-refractivity contribution in [1.29, 1.82) is 0 Å². The molecule has 0 bridgehead atoms. The van der Waals surface area contributed by atoms with Crippen molar-refractivity contribution in [3.8, 4) is 0 Å². The van der Waals surface area contributed by atoms with Crippen molar-refractivity contribution in [1.82, 2.24) is 20.4 Å². The summed E-state index contributed by atoms with van der Waals surface area (Å²) in [7, 11) is 0. The average Bonchev–Trinajstić information content (AvgIpc) is 3.30. The lowest BCUT2D eigenvalue weighted by Crippen LogP contribution is -2.47. The normalized spacial score (nSPS) is 24.5. The molecule has 26 heavy (non-hydrogen) atoms. The Morgan fingerprint density at radius 3 is 2.92 bits per heavy atom. The first-order chi connectivity index (χ1) is 12.3. The topological polar surface area (TPSA) is 59.0 Å². The Bertz CT molecular complexity index is 733. The molecule has 1 saturated heterocycles. The van der Waals surface area contributed by atoms with E-state index >= 15 is 0 Å². The van der Waals surface area contributed by atoms with Gasteiger partial charge in [0.1, 0.15) is 0 Å². The van der Waals surface area contributed by atoms with Crippen LogP contribution in [-0.2, 0) is 17.9 Å². The van der Waals surface area contributed by atoms with Crippen molar-refractivity contribution in [2.45, 2.75) is 38.8 Å². The van der Waals surface area contributed by atoms with E-state index < -0.39 is 0 Å². The minimum absolute atomic E-state index is 0. The van der Waals surface area contributed by atoms with Gasteiger partial charge in [0.15, 0.2) is 0 Å². The number of aromatic nitrogens is 2. The van der Waals surface area contributed by atoms with Crippen molar-refractivity contribution >= 4 is 18.3 Å². The zero-order valence-corrected chi connectivity index (χ0v) is 15.8. The second-order valence-corrected chi connectivity index (χ2v) is 7.38. The van der Waals surface area contributed by atoms with Crippen molar-refractivity contribution in [3.05, 3.63) is 53.9 Å². The van der Waals surface area contributed by atoms with Gasteiger partial charge in [-0.15, -0.1) is 12.4 Å². The van der Waals surface area contributed by atoms with E-state index in [2.05, 4.69) is 27.9 Å². The molecule has 1 aromatic carbocycles. The average molecular weight is 375 g/mol. The Morgan fingerprint density at radius 1 is 1.27 bits per heavy atom. The molecular weight excluding hydrogens is 348 g/mol. The Morgan fingerprint density at radius 2 is 2.12 bits per heavy atom. The van der Waals surface area contributed by atoms with Gasteiger partial charge in [-0.25, -0.2) is 0 Å². The molecule has 5 nitrogen and oxygen atoms in total. The van der Waals surface area contributed by atoms with Gasteiger partial charge in [0.2, 0.25) is 5.91 Å². The van der Waals surface area contributed by atoms with Gasteiger partial charge < -0.3 is 10.6 Å². The highest BCUT2D eigenvalue weighted by Crippen LogP contribution is 2.43. The first-order valence-corrected chi connectivity index (χ1v) is 9.31. The van der Waals surface area contributed by atoms with Crippen LogP contribution in [0.2, 0.25) is 0 Å². The van der Waals surface area contributed by atoms with Crippen molar-refractivity contribution in [2.75, 3.05) is 13.1 Å². The number of carbonyl (C=O) groups excluding carboxylic acids is 1. The van der Waals surface area contributed by atoms with Crippen molar-refractivity contribution in [2.24, 2.45) is 11.3 Å². The number of nitrogens with one attached hydrogen (secondary N) is 2. The van der Waals surface area contributed by atoms with E-state index in [9.17, 15) is 4.79 Å². The highest BCUT2D eigenvalue weighted by molar-refractivity contribution is 5.85. The van der Waals surface area contributed by atoms with Crippen LogP contribution in [0.5, 0.6) is 0 Å². The van der Waals surface area contributed by atoms with Gasteiger partial charge in [-0.1, -0.05) is 37.1 Å². The molecule has 0 unspecified atom stereocenters. The number of carbonyl (C=O) groups is 1. The second-order valence-electron chi connectivity index (χ2n) is 7.38. The van der Waals surface area contributed by atoms with E-state index in [0.29, 0.717) is 12.5 Å². The summed E-state index contributed by atoms with van der Waals surface area (Å²) >= 11 is 0. The predicted molar refractivity (Wildman–Crippen MR) is 104 cm³/mol. The fourth-order valence-corrected chi connectivity index (χ4v) is 4.49. The fraction of sp³-hybridized carbons (Fsp3) is 0.500. The van der Waals surface area contributed by atoms with Crippen LogP contribution < -0.4 is 10.6 Å². The lowest BCUT2D eigenvalue weighted by molar-refractivity contribution is -0.134. The molecule has 1 amide bonds. The molecule has 0 radical (unpaired) electrons. The van der Waals surface area contributed by atoms with Crippen LogP contribution in [0, 0.1) is 11.3 Å². The Hall–Kier alpha value is -1.85. The van der Waals surface area contributed by atoms with Crippen molar-refractivity contribution in [3.63, 3.8) is 0 Å². The maximum atomic E-state index is 13.0. The summed E-state index contributed by atoms with van der Waals surface area (Å²) < 4.78 is 1.91. The van der Waals surface area contributed by atoms with Crippen molar-refractivity contribution < 1.29 is 4.79 Å². The number of benzene rings is 1. The highest BCUT2D eigenvalue weighted by atomic mass is 35.5. The van der Waals surface area contributed by atoms with Crippen LogP contribution in [0.15, 0.2) is 42.7 Å². The van der Waals surface area contributed by atoms with Crippen LogP contribution in [0.3, 0.4) is 0 Å². The number of fused-ring (bicyclic) bond motifs is 1. The molecule has 2 atom stereocenters. The van der Waals surface area contributed by atoms with E-state index in [1.54, 1.807) is 6.20 Å². The summed E-state index contributed by atoms with van der Waals surface area (Å²) in [5.74, 6) is 0.733. The number of rotatable bonds is 5. The molecule has 2 aromatic rings. The number of nitrogens with zero attached hydrogens (tertiary/aromatic N) is 2. The maximum Gasteiger partial charge on any atom is 0.228 e. The van der Waals surface area contributed by atoms with Crippen LogP contribution in [-0.4, -0.2) is 28.8 Å². The molecule has 0 spiro atoms. The number of hydrogen-bond acceptors (Lipinski definition) is 3. The number of amides is 1. The zero-order chi connectivity index (χ0) is 17.1. The minimum atomic E-state index is -0.185. The lowest BCUT2D eigenvalue weighted by atomic mass is 9.67. The Balaban J connectivity index is 0.00000196. The largest absolute Gasteiger partial charge is 0.351 e. The molecule has 140 valence electrons. The molecule has 1 aliphatic carbocycles. The Kier molecular flexibility index (Phi) is 5.99. The quantitative estimate of drug-likeness (QED) is 0.846. The monoisotopic (exact) mass is 374 g/mol. The first-order valence-electron chi connectivity index (χ1n) is 9.31. The summed E-state index contributed by atoms with van der Waals surface area (Å²) in [6, 6.07) is 10.2. The minimum Gasteiger partial charge on any atom is -0.351 e. The third-order valence-corrected chi connectivity index (χ3v) is 5.94. The summed E-state index contributed by atoms with van der Waals surface area (Å²) in [5, 5.41) is 11.0. The maximum absolute atomic E-state index is 13.0. The zero-order valence-electron chi connectivity index (χ0n) is 15.0. The highest BCUT2D eigenvalue weighted by Gasteiger charge is 2.49. The molecule has 1 aromatic heterocycles. The summed E-state index contributed by atoms with van der Waals surface area (Å²) in [5.41, 5.74) is 2.18. The predicted octanol–water partition coefficient (Wildman–Crippen LogP) is 2.75. The van der Waals surface area contributed by atoms with Gasteiger partial charge in [0.25, 0.3) is 0 Å². The molecule has 4 rings (SSSR count). The second kappa shape index (κ2) is 8.23. The first kappa shape index (κ1) is 18.9. The molecule has 2 fully saturated rings. The van der Waals surface area contributed by atoms with Crippen LogP contribution in [0.1, 0.15) is 36.8 Å². The molecule has 2 N–H and O–H groups in total. The molecule has 2 heterocycles. The molecule has 1 aliphatic heterocycles. The van der Waals surface area contributed by atoms with Gasteiger partial charge in [-0.3, -0.25) is 9.48 Å². The molecular formula is C20H27ClN4O. The SMILES string of the molecule is Cl.O=C(NCc1ccccc1Cn1cccn1)[C@@]12CCCC[C@H]1CNC2. The lowest BCUT2D eigenvalue weighted by Gasteiger charge is -2.37. The standard InChI is InChI=1S/C20H26N4O.ClH/c25-19(20-9-4-3-8-18(20)13-21-15-20)22-12-16-6-1-2-7-17(16)14-24-11-5-10-23-24;/h1-2,5-7,10-11,18,21H,3-4,8-9,12-15H2,(H,22,25);1H/t18-,20+;/m0./s1. The van der Waals surface area contributed by atoms with Gasteiger partial charge in [-0.05, 0) is 42.5 Å². The van der Waals surface area contributed by atoms with E-state index in [0.717, 1.165) is 26.1 Å². The summed E-state index contributed by atoms with van der Waals surface area (Å²) in [6.45, 7) is 3.14. The Labute approximate surface area is 161 Å². The van der Waals surface area contributed by atoms with Gasteiger partial charge in [0.05, 0.1) is 12.0 Å². The summed E-state index contributed by atoms with van der Waals surface area (Å²) in [4.78, 5) is 13.0. The number of hydrogen-bond donors (Lipinski definition) is 2. The summed E-state index contributed by atoms with van der Waals surface area (Å²) in [6.07, 6.45) is 8.38. The molecule has 6 heteroatoms. The van der Waals surface area contributed by atoms with E-state index in [4.69, 9.17) is 0 Å². The van der Waals surface area contributed by atoms with E-state index in [1.165, 1.54) is 30.4 Å². The van der Waals surface area contributed by atoms with Crippen LogP contribution >= 0.6 is 12.4 Å². The van der Waals surface area contributed by atoms with Gasteiger partial charge >= 0.3 is 0 Å². The van der Waals surface area contributed by atoms with Gasteiger partial charge in [0, 0.05) is 25.5 Å². The third kappa shape index (κ3) is 3.64. The fourth-order valence-electron chi connectivity index (χ4n) is 4.49. The molecule has 1 saturated carbocycles. The number of halogens is 1. The molecule has 2 aliphatic rings. The third-order valence-electron chi connectivity index (χ3n) is 5.94. The van der Waals surface area contributed by atoms with E-state index in [1.807, 2.05) is 29.1 Å². The van der Waals surface area contributed by atoms with E-state index in [-0.39, 0.29) is 23.7 Å². The smallest absolute Gasteiger partial charge is 0.228 e.